The first-order valence-corrected chi connectivity index (χ1v) is 4.02. The van der Waals surface area contributed by atoms with Crippen molar-refractivity contribution in [3.05, 3.63) is 12.2 Å². The van der Waals surface area contributed by atoms with Crippen molar-refractivity contribution in [2.24, 2.45) is 5.92 Å². The van der Waals surface area contributed by atoms with Crippen LogP contribution < -0.4 is 0 Å². The van der Waals surface area contributed by atoms with E-state index in [4.69, 9.17) is 10.4 Å². The lowest BCUT2D eigenvalue weighted by Gasteiger charge is -2.25. The molecule has 4 nitrogen and oxygen atoms in total. The summed E-state index contributed by atoms with van der Waals surface area (Å²) < 4.78 is 0. The molecule has 1 amide bonds. The summed E-state index contributed by atoms with van der Waals surface area (Å²) in [6, 6.07) is 1.61. The summed E-state index contributed by atoms with van der Waals surface area (Å²) in [5.41, 5.74) is 0. The topological polar surface area (TPSA) is 64.3 Å². The highest BCUT2D eigenvalue weighted by molar-refractivity contribution is 5.65. The predicted octanol–water partition coefficient (Wildman–Crippen LogP) is 1.70. The summed E-state index contributed by atoms with van der Waals surface area (Å²) in [7, 11) is 1.49. The van der Waals surface area contributed by atoms with Crippen LogP contribution in [0.15, 0.2) is 12.2 Å². The third-order valence-electron chi connectivity index (χ3n) is 1.80. The molecule has 0 aliphatic heterocycles. The van der Waals surface area contributed by atoms with E-state index in [0.29, 0.717) is 0 Å². The first kappa shape index (κ1) is 11.5. The molecule has 0 saturated carbocycles. The number of hydrogen-bond acceptors (Lipinski definition) is 2. The van der Waals surface area contributed by atoms with Crippen molar-refractivity contribution in [1.29, 1.82) is 5.26 Å². The van der Waals surface area contributed by atoms with Crippen LogP contribution >= 0.6 is 0 Å². The highest BCUT2D eigenvalue weighted by Crippen LogP contribution is 2.10. The van der Waals surface area contributed by atoms with E-state index in [2.05, 4.69) is 0 Å². The second-order valence-corrected chi connectivity index (χ2v) is 3.12. The second kappa shape index (κ2) is 5.20. The smallest absolute Gasteiger partial charge is 0.407 e. The molecule has 0 aliphatic carbocycles. The Kier molecular flexibility index (Phi) is 4.60. The van der Waals surface area contributed by atoms with Gasteiger partial charge in [0.15, 0.2) is 0 Å². The van der Waals surface area contributed by atoms with Crippen LogP contribution in [-0.4, -0.2) is 29.2 Å². The van der Waals surface area contributed by atoms with Gasteiger partial charge in [-0.15, -0.1) is 0 Å². The molecule has 0 aliphatic rings. The Balaban J connectivity index is 4.53. The molecular weight excluding hydrogens is 168 g/mol. The number of amides is 1. The lowest BCUT2D eigenvalue weighted by atomic mass is 10.0. The van der Waals surface area contributed by atoms with E-state index >= 15 is 0 Å². The normalized spacial score (nSPS) is 12.8. The van der Waals surface area contributed by atoms with Gasteiger partial charge in [0.05, 0.1) is 12.1 Å². The van der Waals surface area contributed by atoms with E-state index in [1.807, 2.05) is 19.9 Å². The van der Waals surface area contributed by atoms with E-state index in [1.54, 1.807) is 6.08 Å². The molecule has 0 bridgehead atoms. The Morgan fingerprint density at radius 2 is 2.15 bits per heavy atom. The number of likely N-dealkylation sites (N-methyl/N-ethyl adjacent to an activating group) is 1. The van der Waals surface area contributed by atoms with Crippen molar-refractivity contribution < 1.29 is 9.90 Å². The minimum atomic E-state index is -0.985. The van der Waals surface area contributed by atoms with Crippen LogP contribution in [-0.2, 0) is 0 Å². The van der Waals surface area contributed by atoms with Gasteiger partial charge in [-0.2, -0.15) is 5.26 Å². The van der Waals surface area contributed by atoms with E-state index in [0.717, 1.165) is 0 Å². The van der Waals surface area contributed by atoms with Gasteiger partial charge in [-0.25, -0.2) is 4.79 Å². The molecular formula is C9H14N2O2. The van der Waals surface area contributed by atoms with Crippen molar-refractivity contribution >= 4 is 6.09 Å². The molecule has 0 aromatic heterocycles. The van der Waals surface area contributed by atoms with Crippen LogP contribution in [0.25, 0.3) is 0 Å². The second-order valence-electron chi connectivity index (χ2n) is 3.12. The average Bonchev–Trinajstić information content (AvgIpc) is 2.04. The summed E-state index contributed by atoms with van der Waals surface area (Å²) in [4.78, 5) is 11.8. The van der Waals surface area contributed by atoms with Crippen molar-refractivity contribution in [2.45, 2.75) is 19.9 Å². The van der Waals surface area contributed by atoms with Crippen molar-refractivity contribution in [3.8, 4) is 6.07 Å². The standard InChI is InChI=1S/C9H14N2O2/c1-7(2)8(5-4-6-10)11(3)9(12)13/h4-5,7-8H,1-3H3,(H,12,13)/t8-/m1/s1. The molecule has 0 spiro atoms. The number of carboxylic acid groups (broad SMARTS) is 1. The molecule has 0 aromatic carbocycles. The highest BCUT2D eigenvalue weighted by atomic mass is 16.4. The quantitative estimate of drug-likeness (QED) is 0.675. The predicted molar refractivity (Wildman–Crippen MR) is 49.2 cm³/mol. The van der Waals surface area contributed by atoms with Crippen molar-refractivity contribution in [2.75, 3.05) is 7.05 Å². The molecule has 72 valence electrons. The lowest BCUT2D eigenvalue weighted by molar-refractivity contribution is 0.137. The maximum Gasteiger partial charge on any atom is 0.407 e. The zero-order chi connectivity index (χ0) is 10.4. The van der Waals surface area contributed by atoms with E-state index in [9.17, 15) is 4.79 Å². The molecule has 13 heavy (non-hydrogen) atoms. The molecule has 4 heteroatoms. The van der Waals surface area contributed by atoms with Crippen LogP contribution in [0.4, 0.5) is 4.79 Å². The minimum absolute atomic E-state index is 0.158. The van der Waals surface area contributed by atoms with Gasteiger partial charge in [-0.05, 0) is 5.92 Å². The Bertz CT molecular complexity index is 240. The number of hydrogen-bond donors (Lipinski definition) is 1. The molecule has 0 radical (unpaired) electrons. The van der Waals surface area contributed by atoms with E-state index < -0.39 is 6.09 Å². The molecule has 0 rings (SSSR count). The number of nitriles is 1. The lowest BCUT2D eigenvalue weighted by Crippen LogP contribution is -2.38. The van der Waals surface area contributed by atoms with Crippen molar-refractivity contribution in [3.63, 3.8) is 0 Å². The van der Waals surface area contributed by atoms with Crippen molar-refractivity contribution in [1.82, 2.24) is 4.90 Å². The number of allylic oxidation sites excluding steroid dienone is 1. The first-order chi connectivity index (χ1) is 6.00. The highest BCUT2D eigenvalue weighted by Gasteiger charge is 2.19. The number of carbonyl (C=O) groups is 1. The van der Waals surface area contributed by atoms with E-state index in [1.165, 1.54) is 18.0 Å². The Hall–Kier alpha value is -1.50. The summed E-state index contributed by atoms with van der Waals surface area (Å²) in [6.45, 7) is 3.82. The Morgan fingerprint density at radius 3 is 2.46 bits per heavy atom. The molecule has 0 saturated heterocycles. The first-order valence-electron chi connectivity index (χ1n) is 4.02. The fourth-order valence-corrected chi connectivity index (χ4v) is 1.07. The average molecular weight is 182 g/mol. The summed E-state index contributed by atoms with van der Waals surface area (Å²) in [5.74, 6) is 0.158. The zero-order valence-electron chi connectivity index (χ0n) is 8.06. The van der Waals surface area contributed by atoms with Crippen LogP contribution in [0.1, 0.15) is 13.8 Å². The van der Waals surface area contributed by atoms with Gasteiger partial charge >= 0.3 is 6.09 Å². The molecule has 0 fully saturated rings. The molecule has 0 heterocycles. The maximum absolute atomic E-state index is 10.6. The maximum atomic E-state index is 10.6. The Morgan fingerprint density at radius 1 is 1.62 bits per heavy atom. The molecule has 1 N–H and O–H groups in total. The fourth-order valence-electron chi connectivity index (χ4n) is 1.07. The van der Waals surface area contributed by atoms with Crippen LogP contribution in [0.2, 0.25) is 0 Å². The molecule has 1 atom stereocenters. The van der Waals surface area contributed by atoms with Gasteiger partial charge < -0.3 is 10.0 Å². The van der Waals surface area contributed by atoms with Gasteiger partial charge in [0.2, 0.25) is 0 Å². The largest absolute Gasteiger partial charge is 0.465 e. The summed E-state index contributed by atoms with van der Waals surface area (Å²) in [5, 5.41) is 17.0. The van der Waals surface area contributed by atoms with Gasteiger partial charge in [0.1, 0.15) is 0 Å². The number of nitrogens with zero attached hydrogens (tertiary/aromatic N) is 2. The SMILES string of the molecule is CC(C)[C@@H](C=CC#N)N(C)C(=O)O. The molecule has 0 aromatic rings. The number of rotatable bonds is 3. The van der Waals surface area contributed by atoms with Crippen LogP contribution in [0.5, 0.6) is 0 Å². The third-order valence-corrected chi connectivity index (χ3v) is 1.80. The van der Waals surface area contributed by atoms with E-state index in [-0.39, 0.29) is 12.0 Å². The van der Waals surface area contributed by atoms with Gasteiger partial charge in [-0.1, -0.05) is 19.9 Å². The minimum Gasteiger partial charge on any atom is -0.465 e. The van der Waals surface area contributed by atoms with Gasteiger partial charge in [0.25, 0.3) is 0 Å². The van der Waals surface area contributed by atoms with Gasteiger partial charge in [-0.3, -0.25) is 0 Å². The fraction of sp³-hybridized carbons (Fsp3) is 0.556. The third kappa shape index (κ3) is 3.61. The summed E-state index contributed by atoms with van der Waals surface area (Å²) >= 11 is 0. The van der Waals surface area contributed by atoms with Gasteiger partial charge in [0, 0.05) is 13.1 Å². The van der Waals surface area contributed by atoms with Crippen LogP contribution in [0, 0.1) is 17.2 Å². The molecule has 0 unspecified atom stereocenters. The monoisotopic (exact) mass is 182 g/mol. The Labute approximate surface area is 78.1 Å². The summed E-state index contributed by atoms with van der Waals surface area (Å²) in [6.07, 6.45) is 1.92. The zero-order valence-corrected chi connectivity index (χ0v) is 8.06. The van der Waals surface area contributed by atoms with Crippen LogP contribution in [0.3, 0.4) is 0 Å².